The number of amides is 2. The highest BCUT2D eigenvalue weighted by Gasteiger charge is 2.27. The second-order valence-corrected chi connectivity index (χ2v) is 11.2. The summed E-state index contributed by atoms with van der Waals surface area (Å²) in [6, 6.07) is 16.9. The lowest BCUT2D eigenvalue weighted by Crippen LogP contribution is -2.41. The SMILES string of the molecule is C[C@@H](CCC(=O)N(Cc1ccc(OC2CCN(Cc3ccccc3)CC2)c(Br)c1)[C@H]1CCNC1)C(N)=O. The van der Waals surface area contributed by atoms with E-state index in [4.69, 9.17) is 10.5 Å². The van der Waals surface area contributed by atoms with Crippen LogP contribution in [0.15, 0.2) is 53.0 Å². The Morgan fingerprint density at radius 1 is 1.14 bits per heavy atom. The molecule has 2 heterocycles. The maximum Gasteiger partial charge on any atom is 0.223 e. The largest absolute Gasteiger partial charge is 0.489 e. The topological polar surface area (TPSA) is 87.9 Å². The number of nitrogens with zero attached hydrogens (tertiary/aromatic N) is 2. The first-order valence-electron chi connectivity index (χ1n) is 13.4. The van der Waals surface area contributed by atoms with E-state index in [1.54, 1.807) is 6.92 Å². The van der Waals surface area contributed by atoms with Gasteiger partial charge in [-0.05, 0) is 71.4 Å². The van der Waals surface area contributed by atoms with Gasteiger partial charge in [-0.3, -0.25) is 14.5 Å². The molecule has 2 aliphatic rings. The van der Waals surface area contributed by atoms with E-state index in [2.05, 4.69) is 68.6 Å². The molecule has 2 aromatic rings. The summed E-state index contributed by atoms with van der Waals surface area (Å²) in [5.41, 5.74) is 7.79. The number of nitrogens with two attached hydrogens (primary N) is 1. The lowest BCUT2D eigenvalue weighted by molar-refractivity contribution is -0.134. The molecule has 2 aromatic carbocycles. The normalized spacial score (nSPS) is 19.5. The number of halogens is 1. The summed E-state index contributed by atoms with van der Waals surface area (Å²) >= 11 is 3.70. The first-order chi connectivity index (χ1) is 17.9. The third-order valence-electron chi connectivity index (χ3n) is 7.50. The smallest absolute Gasteiger partial charge is 0.223 e. The Morgan fingerprint density at radius 3 is 2.54 bits per heavy atom. The second kappa shape index (κ2) is 13.4. The van der Waals surface area contributed by atoms with Crippen molar-refractivity contribution >= 4 is 27.7 Å². The molecule has 2 fully saturated rings. The van der Waals surface area contributed by atoms with Crippen LogP contribution in [-0.2, 0) is 22.7 Å². The molecular weight excluding hydrogens is 532 g/mol. The standard InChI is InChI=1S/C29H39BrN4O3/c1-21(29(31)36)7-10-28(35)34(24-11-14-32-18-24)20-23-8-9-27(26(30)17-23)37-25-12-15-33(16-13-25)19-22-5-3-2-4-6-22/h2-6,8-9,17,21,24-25,32H,7,10-16,18-20H2,1H3,(H2,31,36)/t21-,24-/m0/s1. The Hall–Kier alpha value is -2.42. The molecule has 37 heavy (non-hydrogen) atoms. The van der Waals surface area contributed by atoms with Gasteiger partial charge in [0.2, 0.25) is 11.8 Å². The molecule has 8 heteroatoms. The van der Waals surface area contributed by atoms with Crippen molar-refractivity contribution in [1.29, 1.82) is 0 Å². The van der Waals surface area contributed by atoms with Crippen LogP contribution in [0.25, 0.3) is 0 Å². The number of hydrogen-bond acceptors (Lipinski definition) is 5. The fraction of sp³-hybridized carbons (Fsp3) is 0.517. The Morgan fingerprint density at radius 2 is 1.89 bits per heavy atom. The van der Waals surface area contributed by atoms with Gasteiger partial charge in [0.15, 0.2) is 0 Å². The van der Waals surface area contributed by atoms with Gasteiger partial charge in [0.1, 0.15) is 11.9 Å². The first-order valence-corrected chi connectivity index (χ1v) is 14.2. The Labute approximate surface area is 228 Å². The predicted octanol–water partition coefficient (Wildman–Crippen LogP) is 4.08. The lowest BCUT2D eigenvalue weighted by atomic mass is 10.0. The first kappa shape index (κ1) is 27.6. The second-order valence-electron chi connectivity index (χ2n) is 10.4. The molecule has 4 rings (SSSR count). The highest BCUT2D eigenvalue weighted by Crippen LogP contribution is 2.30. The lowest BCUT2D eigenvalue weighted by Gasteiger charge is -2.32. The molecule has 0 radical (unpaired) electrons. The van der Waals surface area contributed by atoms with Gasteiger partial charge in [-0.25, -0.2) is 0 Å². The molecule has 3 N–H and O–H groups in total. The number of benzene rings is 2. The summed E-state index contributed by atoms with van der Waals surface area (Å²) in [4.78, 5) is 29.0. The minimum absolute atomic E-state index is 0.0699. The van der Waals surface area contributed by atoms with Crippen LogP contribution in [0.3, 0.4) is 0 Å². The van der Waals surface area contributed by atoms with Crippen LogP contribution in [0.5, 0.6) is 5.75 Å². The van der Waals surface area contributed by atoms with E-state index in [0.29, 0.717) is 19.4 Å². The molecule has 0 saturated carbocycles. The van der Waals surface area contributed by atoms with Crippen LogP contribution in [0.1, 0.15) is 50.2 Å². The van der Waals surface area contributed by atoms with E-state index in [9.17, 15) is 9.59 Å². The number of piperidine rings is 1. The fourth-order valence-corrected chi connectivity index (χ4v) is 5.61. The quantitative estimate of drug-likeness (QED) is 0.425. The highest BCUT2D eigenvalue weighted by atomic mass is 79.9. The van der Waals surface area contributed by atoms with Crippen LogP contribution in [-0.4, -0.2) is 59.9 Å². The molecule has 0 unspecified atom stereocenters. The number of likely N-dealkylation sites (tertiary alicyclic amines) is 1. The Bertz CT molecular complexity index is 1040. The van der Waals surface area contributed by atoms with Crippen molar-refractivity contribution in [3.8, 4) is 5.75 Å². The summed E-state index contributed by atoms with van der Waals surface area (Å²) < 4.78 is 7.28. The molecule has 2 amide bonds. The minimum atomic E-state index is -0.358. The van der Waals surface area contributed by atoms with Crippen molar-refractivity contribution in [1.82, 2.24) is 15.1 Å². The van der Waals surface area contributed by atoms with Crippen molar-refractivity contribution in [3.63, 3.8) is 0 Å². The Balaban J connectivity index is 1.32. The van der Waals surface area contributed by atoms with Crippen molar-refractivity contribution in [2.75, 3.05) is 26.2 Å². The third-order valence-corrected chi connectivity index (χ3v) is 8.12. The summed E-state index contributed by atoms with van der Waals surface area (Å²) in [7, 11) is 0. The van der Waals surface area contributed by atoms with Crippen LogP contribution < -0.4 is 15.8 Å². The zero-order valence-corrected chi connectivity index (χ0v) is 23.3. The van der Waals surface area contributed by atoms with Gasteiger partial charge in [-0.1, -0.05) is 43.3 Å². The highest BCUT2D eigenvalue weighted by molar-refractivity contribution is 9.10. The van der Waals surface area contributed by atoms with Crippen LogP contribution in [0.2, 0.25) is 0 Å². The summed E-state index contributed by atoms with van der Waals surface area (Å²) in [5, 5.41) is 3.36. The Kier molecular flexibility index (Phi) is 10.00. The van der Waals surface area contributed by atoms with E-state index in [-0.39, 0.29) is 29.9 Å². The van der Waals surface area contributed by atoms with Gasteiger partial charge in [-0.2, -0.15) is 0 Å². The van der Waals surface area contributed by atoms with Gasteiger partial charge in [-0.15, -0.1) is 0 Å². The number of rotatable bonds is 11. The molecule has 0 bridgehead atoms. The number of carbonyl (C=O) groups excluding carboxylic acids is 2. The number of ether oxygens (including phenoxy) is 1. The number of nitrogens with one attached hydrogen (secondary N) is 1. The van der Waals surface area contributed by atoms with Crippen LogP contribution in [0.4, 0.5) is 0 Å². The summed E-state index contributed by atoms with van der Waals surface area (Å²) in [6.07, 6.45) is 3.94. The molecular formula is C29H39BrN4O3. The monoisotopic (exact) mass is 570 g/mol. The molecule has 200 valence electrons. The van der Waals surface area contributed by atoms with Crippen LogP contribution in [0, 0.1) is 5.92 Å². The summed E-state index contributed by atoms with van der Waals surface area (Å²) in [6.45, 7) is 7.05. The molecule has 2 aliphatic heterocycles. The van der Waals surface area contributed by atoms with Crippen LogP contribution >= 0.6 is 15.9 Å². The average molecular weight is 572 g/mol. The minimum Gasteiger partial charge on any atom is -0.489 e. The van der Waals surface area contributed by atoms with Gasteiger partial charge in [0, 0.05) is 51.1 Å². The van der Waals surface area contributed by atoms with Crippen molar-refractivity contribution in [2.45, 2.75) is 64.3 Å². The van der Waals surface area contributed by atoms with E-state index in [0.717, 1.165) is 67.8 Å². The molecule has 0 spiro atoms. The number of hydrogen-bond donors (Lipinski definition) is 2. The van der Waals surface area contributed by atoms with Gasteiger partial charge in [0.05, 0.1) is 4.47 Å². The molecule has 7 nitrogen and oxygen atoms in total. The zero-order chi connectivity index (χ0) is 26.2. The van der Waals surface area contributed by atoms with E-state index in [1.807, 2.05) is 11.0 Å². The number of primary amides is 1. The molecule has 0 aliphatic carbocycles. The molecule has 2 saturated heterocycles. The van der Waals surface area contributed by atoms with Crippen molar-refractivity contribution < 1.29 is 14.3 Å². The van der Waals surface area contributed by atoms with E-state index < -0.39 is 0 Å². The van der Waals surface area contributed by atoms with Gasteiger partial charge < -0.3 is 20.7 Å². The van der Waals surface area contributed by atoms with Gasteiger partial charge in [0.25, 0.3) is 0 Å². The number of carbonyl (C=O) groups is 2. The maximum atomic E-state index is 13.1. The molecule has 0 aromatic heterocycles. The fourth-order valence-electron chi connectivity index (χ4n) is 5.09. The zero-order valence-electron chi connectivity index (χ0n) is 21.7. The summed E-state index contributed by atoms with van der Waals surface area (Å²) in [5.74, 6) is 0.257. The third kappa shape index (κ3) is 8.03. The van der Waals surface area contributed by atoms with Gasteiger partial charge >= 0.3 is 0 Å². The predicted molar refractivity (Wildman–Crippen MR) is 149 cm³/mol. The molecule has 2 atom stereocenters. The van der Waals surface area contributed by atoms with E-state index >= 15 is 0 Å². The maximum absolute atomic E-state index is 13.1. The van der Waals surface area contributed by atoms with Crippen molar-refractivity contribution in [3.05, 3.63) is 64.1 Å². The average Bonchev–Trinajstić information content (AvgIpc) is 3.43. The van der Waals surface area contributed by atoms with E-state index in [1.165, 1.54) is 5.56 Å². The van der Waals surface area contributed by atoms with Crippen molar-refractivity contribution in [2.24, 2.45) is 11.7 Å².